The van der Waals surface area contributed by atoms with Gasteiger partial charge in [-0.1, -0.05) is 6.07 Å². The highest BCUT2D eigenvalue weighted by Gasteiger charge is 2.48. The summed E-state index contributed by atoms with van der Waals surface area (Å²) in [6, 6.07) is 0.184. The van der Waals surface area contributed by atoms with Gasteiger partial charge in [-0.05, 0) is 49.4 Å². The summed E-state index contributed by atoms with van der Waals surface area (Å²) >= 11 is 0. The molecule has 1 saturated carbocycles. The number of phenolic OH excluding ortho intramolecular Hbond substituents is 1. The number of nitrogens with one attached hydrogen (secondary N) is 1. The zero-order valence-electron chi connectivity index (χ0n) is 24.6. The van der Waals surface area contributed by atoms with Gasteiger partial charge in [-0.25, -0.2) is 9.37 Å². The van der Waals surface area contributed by atoms with Crippen molar-refractivity contribution in [3.05, 3.63) is 24.4 Å². The van der Waals surface area contributed by atoms with E-state index in [2.05, 4.69) is 35.9 Å². The van der Waals surface area contributed by atoms with E-state index in [1.165, 1.54) is 18.2 Å². The van der Waals surface area contributed by atoms with Crippen molar-refractivity contribution in [3.8, 4) is 28.5 Å². The third-order valence-corrected chi connectivity index (χ3v) is 6.07. The van der Waals surface area contributed by atoms with Crippen LogP contribution in [0.2, 0.25) is 0 Å². The van der Waals surface area contributed by atoms with E-state index in [0.717, 1.165) is 17.5 Å². The Morgan fingerprint density at radius 2 is 2.19 bits per heavy atom. The van der Waals surface area contributed by atoms with E-state index in [1.54, 1.807) is 0 Å². The fourth-order valence-electron chi connectivity index (χ4n) is 4.52. The monoisotopic (exact) mass is 445 g/mol. The summed E-state index contributed by atoms with van der Waals surface area (Å²) in [7, 11) is 0. The fourth-order valence-corrected chi connectivity index (χ4v) is 4.52. The first-order valence-corrected chi connectivity index (χ1v) is 10.2. The van der Waals surface area contributed by atoms with Crippen LogP contribution in [0.1, 0.15) is 43.0 Å². The van der Waals surface area contributed by atoms with E-state index in [4.69, 9.17) is 11.0 Å². The number of hydrogen-bond donors (Lipinski definition) is 2. The van der Waals surface area contributed by atoms with Crippen LogP contribution in [-0.4, -0.2) is 70.8 Å². The number of aryl methyl sites for hydroxylation is 1. The summed E-state index contributed by atoms with van der Waals surface area (Å²) in [4.78, 5) is 5.74. The lowest BCUT2D eigenvalue weighted by molar-refractivity contribution is 0.171. The lowest BCUT2D eigenvalue weighted by Crippen LogP contribution is -2.57. The molecule has 4 heterocycles. The second-order valence-electron chi connectivity index (χ2n) is 8.04. The lowest BCUT2D eigenvalue weighted by Gasteiger charge is -2.40. The Balaban J connectivity index is 1.32. The standard InChI is InChI=1S/C21H24FN9O/c1-30-28-20(27-29-30)11-2-6-14(17(32)8-11)21-23-10-18(25-26-21)31(13-4-5-13)16-9-12-3-7-15(24-12)19(16)22/h2,6,8,10,12-13,15-16,19,24,32H,3-5,7,9H2,1H3/t12-,15+,16+,19-/m1/s1/i1D3,4D2,5D2,13D. The molecule has 1 aliphatic carbocycles. The minimum atomic E-state index is -2.62. The highest BCUT2D eigenvalue weighted by atomic mass is 19.1. The molecular formula is C21H24FN9O. The third-order valence-electron chi connectivity index (χ3n) is 6.07. The van der Waals surface area contributed by atoms with Gasteiger partial charge in [-0.2, -0.15) is 4.80 Å². The first kappa shape index (κ1) is 12.7. The van der Waals surface area contributed by atoms with Crippen LogP contribution in [0.25, 0.3) is 22.8 Å². The number of halogens is 1. The topological polar surface area (TPSA) is 118 Å². The maximum atomic E-state index is 15.6. The van der Waals surface area contributed by atoms with Crippen molar-refractivity contribution >= 4 is 5.82 Å². The summed E-state index contributed by atoms with van der Waals surface area (Å²) in [5.41, 5.74) is 0.412. The second kappa shape index (κ2) is 7.44. The zero-order valence-corrected chi connectivity index (χ0v) is 16.6. The third kappa shape index (κ3) is 3.36. The van der Waals surface area contributed by atoms with E-state index < -0.39 is 44.0 Å². The lowest BCUT2D eigenvalue weighted by atomic mass is 9.96. The molecule has 2 aliphatic heterocycles. The van der Waals surface area contributed by atoms with Gasteiger partial charge in [0, 0.05) is 33.3 Å². The molecule has 11 heteroatoms. The summed E-state index contributed by atoms with van der Waals surface area (Å²) in [6.45, 7) is -2.62. The number of alkyl halides is 1. The number of tetrazole rings is 1. The molecule has 2 N–H and O–H groups in total. The molecule has 4 atom stereocenters. The Hall–Kier alpha value is -3.21. The fraction of sp³-hybridized carbons (Fsp3) is 0.524. The number of benzene rings is 1. The SMILES string of the molecule is [2H]C([2H])([2H])n1nnc(-c2ccc(-c3ncc(N([C@H]4C[C@H]5CC[C@H](N5)[C@H]4F)C4([2H])C([2H])([2H])C4([2H])[2H])nn3)c(O)c2)n1. The number of hydrogen-bond acceptors (Lipinski definition) is 9. The first-order chi connectivity index (χ1) is 18.7. The Labute approximate surface area is 195 Å². The predicted octanol–water partition coefficient (Wildman–Crippen LogP) is 1.63. The molecule has 10 nitrogen and oxygen atoms in total. The van der Waals surface area contributed by atoms with Crippen molar-refractivity contribution in [1.29, 1.82) is 0 Å². The van der Waals surface area contributed by atoms with E-state index in [9.17, 15) is 5.11 Å². The number of anilines is 1. The molecule has 1 aromatic carbocycles. The van der Waals surface area contributed by atoms with Gasteiger partial charge in [-0.15, -0.1) is 20.4 Å². The Morgan fingerprint density at radius 3 is 2.91 bits per heavy atom. The number of rotatable bonds is 5. The summed E-state index contributed by atoms with van der Waals surface area (Å²) < 4.78 is 79.2. The number of aromatic hydroxyl groups is 1. The number of phenols is 1. The molecule has 32 heavy (non-hydrogen) atoms. The van der Waals surface area contributed by atoms with E-state index in [-0.39, 0.29) is 46.8 Å². The van der Waals surface area contributed by atoms with Crippen LogP contribution in [0.4, 0.5) is 10.2 Å². The molecule has 166 valence electrons. The van der Waals surface area contributed by atoms with Crippen LogP contribution in [0.15, 0.2) is 24.4 Å². The van der Waals surface area contributed by atoms with Crippen LogP contribution in [0, 0.1) is 0 Å². The molecule has 0 amide bonds. The van der Waals surface area contributed by atoms with Gasteiger partial charge in [-0.3, -0.25) is 0 Å². The average molecular weight is 446 g/mol. The number of nitrogens with zero attached hydrogens (tertiary/aromatic N) is 8. The quantitative estimate of drug-likeness (QED) is 0.604. The van der Waals surface area contributed by atoms with Gasteiger partial charge in [0.25, 0.3) is 0 Å². The normalized spacial score (nSPS) is 35.2. The molecular weight excluding hydrogens is 413 g/mol. The Morgan fingerprint density at radius 1 is 1.28 bits per heavy atom. The molecule has 0 spiro atoms. The van der Waals surface area contributed by atoms with E-state index in [0.29, 0.717) is 11.2 Å². The van der Waals surface area contributed by atoms with Crippen molar-refractivity contribution in [2.75, 3.05) is 4.90 Å². The molecule has 2 aromatic heterocycles. The molecule has 3 aromatic rings. The van der Waals surface area contributed by atoms with Crippen molar-refractivity contribution < 1.29 is 20.5 Å². The minimum absolute atomic E-state index is 0.0338. The first-order valence-electron chi connectivity index (χ1n) is 14.2. The van der Waals surface area contributed by atoms with Gasteiger partial charge < -0.3 is 15.3 Å². The predicted molar refractivity (Wildman–Crippen MR) is 113 cm³/mol. The summed E-state index contributed by atoms with van der Waals surface area (Å²) in [5, 5.41) is 32.9. The molecule has 6 rings (SSSR count). The summed E-state index contributed by atoms with van der Waals surface area (Å²) in [5.74, 6) is -0.539. The number of fused-ring (bicyclic) bond motifs is 2. The van der Waals surface area contributed by atoms with Gasteiger partial charge in [0.15, 0.2) is 11.6 Å². The van der Waals surface area contributed by atoms with Crippen molar-refractivity contribution in [1.82, 2.24) is 40.7 Å². The Kier molecular flexibility index (Phi) is 2.96. The van der Waals surface area contributed by atoms with Crippen LogP contribution >= 0.6 is 0 Å². The van der Waals surface area contributed by atoms with Gasteiger partial charge in [0.2, 0.25) is 5.82 Å². The largest absolute Gasteiger partial charge is 0.507 e. The number of aromatic nitrogens is 7. The summed E-state index contributed by atoms with van der Waals surface area (Å²) in [6.07, 6.45) is -4.00. The maximum absolute atomic E-state index is 15.6. The van der Waals surface area contributed by atoms with Crippen LogP contribution in [0.5, 0.6) is 5.75 Å². The van der Waals surface area contributed by atoms with Crippen LogP contribution < -0.4 is 10.2 Å². The number of piperidine rings is 1. The van der Waals surface area contributed by atoms with Crippen molar-refractivity contribution in [2.45, 2.75) is 62.3 Å². The maximum Gasteiger partial charge on any atom is 0.205 e. The van der Waals surface area contributed by atoms with Crippen LogP contribution in [-0.2, 0) is 6.98 Å². The molecule has 2 saturated heterocycles. The average Bonchev–Trinajstić information content (AvgIpc) is 3.43. The molecule has 2 bridgehead atoms. The smallest absolute Gasteiger partial charge is 0.205 e. The van der Waals surface area contributed by atoms with E-state index in [1.807, 2.05) is 0 Å². The molecule has 0 radical (unpaired) electrons. The Bertz CT molecular complexity index is 1440. The molecule has 3 aliphatic rings. The molecule has 3 fully saturated rings. The minimum Gasteiger partial charge on any atom is -0.507 e. The van der Waals surface area contributed by atoms with Crippen molar-refractivity contribution in [2.24, 2.45) is 6.98 Å². The second-order valence-corrected chi connectivity index (χ2v) is 8.04. The zero-order chi connectivity index (χ0) is 28.8. The van der Waals surface area contributed by atoms with Gasteiger partial charge in [0.1, 0.15) is 11.9 Å². The van der Waals surface area contributed by atoms with Gasteiger partial charge in [0.05, 0.1) is 26.1 Å². The highest BCUT2D eigenvalue weighted by Crippen LogP contribution is 2.40. The highest BCUT2D eigenvalue weighted by molar-refractivity contribution is 5.70. The van der Waals surface area contributed by atoms with Crippen molar-refractivity contribution in [3.63, 3.8) is 0 Å². The van der Waals surface area contributed by atoms with E-state index >= 15 is 4.39 Å². The van der Waals surface area contributed by atoms with Crippen LogP contribution in [0.3, 0.4) is 0 Å². The van der Waals surface area contributed by atoms with Gasteiger partial charge >= 0.3 is 0 Å². The molecule has 0 unspecified atom stereocenters.